The van der Waals surface area contributed by atoms with E-state index < -0.39 is 0 Å². The van der Waals surface area contributed by atoms with Crippen LogP contribution in [0.4, 0.5) is 0 Å². The lowest BCUT2D eigenvalue weighted by Crippen LogP contribution is -2.48. The van der Waals surface area contributed by atoms with Crippen molar-refractivity contribution in [2.75, 3.05) is 40.5 Å². The Kier molecular flexibility index (Phi) is 11.1. The van der Waals surface area contributed by atoms with Gasteiger partial charge in [-0.15, -0.1) is 12.4 Å². The summed E-state index contributed by atoms with van der Waals surface area (Å²) >= 11 is 6.04. The highest BCUT2D eigenvalue weighted by Gasteiger charge is 2.27. The van der Waals surface area contributed by atoms with E-state index in [0.29, 0.717) is 41.8 Å². The van der Waals surface area contributed by atoms with Gasteiger partial charge in [0.15, 0.2) is 11.5 Å². The zero-order valence-corrected chi connectivity index (χ0v) is 20.2. The molecule has 1 atom stereocenters. The number of nitrogens with zero attached hydrogens (tertiary/aromatic N) is 1. The molecule has 1 fully saturated rings. The molecule has 1 saturated heterocycles. The lowest BCUT2D eigenvalue weighted by Gasteiger charge is -2.35. The van der Waals surface area contributed by atoms with E-state index in [-0.39, 0.29) is 24.4 Å². The molecule has 0 aliphatic carbocycles. The standard InChI is InChI=1S/C24H31ClN2O4.ClH/c1-29-13-4-14-31-23-15-19(8-11-22(23)30-2)24(28)27(21-5-3-12-26-16-21)17-18-6-9-20(25)10-7-18;/h6-11,15,21,26H,3-5,12-14,16-17H2,1-2H3;1H/t21-;/m1./s1. The van der Waals surface area contributed by atoms with Crippen molar-refractivity contribution >= 4 is 29.9 Å². The molecule has 0 aromatic heterocycles. The van der Waals surface area contributed by atoms with Crippen LogP contribution in [0.3, 0.4) is 0 Å². The topological polar surface area (TPSA) is 60.0 Å². The maximum absolute atomic E-state index is 13.6. The first-order chi connectivity index (χ1) is 15.1. The van der Waals surface area contributed by atoms with Gasteiger partial charge in [0.05, 0.1) is 13.7 Å². The number of piperidine rings is 1. The third-order valence-corrected chi connectivity index (χ3v) is 5.65. The molecule has 0 saturated carbocycles. The Morgan fingerprint density at radius 3 is 2.56 bits per heavy atom. The van der Waals surface area contributed by atoms with Crippen LogP contribution in [0.2, 0.25) is 5.02 Å². The predicted octanol–water partition coefficient (Wildman–Crippen LogP) is 4.58. The van der Waals surface area contributed by atoms with Crippen molar-refractivity contribution < 1.29 is 19.0 Å². The monoisotopic (exact) mass is 482 g/mol. The van der Waals surface area contributed by atoms with Crippen molar-refractivity contribution in [3.8, 4) is 11.5 Å². The van der Waals surface area contributed by atoms with Crippen LogP contribution in [0.15, 0.2) is 42.5 Å². The van der Waals surface area contributed by atoms with Gasteiger partial charge in [-0.3, -0.25) is 4.79 Å². The summed E-state index contributed by atoms with van der Waals surface area (Å²) in [5.41, 5.74) is 1.63. The summed E-state index contributed by atoms with van der Waals surface area (Å²) in [5.74, 6) is 1.16. The number of benzene rings is 2. The van der Waals surface area contributed by atoms with Crippen LogP contribution >= 0.6 is 24.0 Å². The first kappa shape index (κ1) is 26.3. The molecule has 1 heterocycles. The third-order valence-electron chi connectivity index (χ3n) is 5.40. The van der Waals surface area contributed by atoms with Gasteiger partial charge in [-0.05, 0) is 55.3 Å². The molecule has 1 aliphatic heterocycles. The quantitative estimate of drug-likeness (QED) is 0.502. The fourth-order valence-electron chi connectivity index (χ4n) is 3.73. The molecule has 2 aromatic carbocycles. The van der Waals surface area contributed by atoms with Crippen molar-refractivity contribution in [2.45, 2.75) is 31.8 Å². The van der Waals surface area contributed by atoms with E-state index in [9.17, 15) is 4.79 Å². The summed E-state index contributed by atoms with van der Waals surface area (Å²) in [6.45, 7) is 3.41. The predicted molar refractivity (Wildman–Crippen MR) is 129 cm³/mol. The van der Waals surface area contributed by atoms with Gasteiger partial charge in [0, 0.05) is 49.9 Å². The normalized spacial score (nSPS) is 15.5. The van der Waals surface area contributed by atoms with E-state index in [4.69, 9.17) is 25.8 Å². The Balaban J connectivity index is 0.00000363. The molecule has 8 heteroatoms. The molecule has 176 valence electrons. The Morgan fingerprint density at radius 1 is 1.12 bits per heavy atom. The van der Waals surface area contributed by atoms with Gasteiger partial charge >= 0.3 is 0 Å². The number of rotatable bonds is 10. The number of amides is 1. The van der Waals surface area contributed by atoms with Gasteiger partial charge in [-0.25, -0.2) is 0 Å². The fourth-order valence-corrected chi connectivity index (χ4v) is 3.85. The highest BCUT2D eigenvalue weighted by atomic mass is 35.5. The van der Waals surface area contributed by atoms with Crippen LogP contribution in [0.1, 0.15) is 35.2 Å². The SMILES string of the molecule is COCCCOc1cc(C(=O)N(Cc2ccc(Cl)cc2)[C@@H]2CCCNC2)ccc1OC.Cl. The van der Waals surface area contributed by atoms with Gasteiger partial charge in [-0.2, -0.15) is 0 Å². The summed E-state index contributed by atoms with van der Waals surface area (Å²) < 4.78 is 16.4. The molecule has 0 bridgehead atoms. The number of methoxy groups -OCH3 is 2. The average molecular weight is 483 g/mol. The maximum Gasteiger partial charge on any atom is 0.254 e. The van der Waals surface area contributed by atoms with Gasteiger partial charge in [-0.1, -0.05) is 23.7 Å². The van der Waals surface area contributed by atoms with Gasteiger partial charge in [0.2, 0.25) is 0 Å². The number of nitrogens with one attached hydrogen (secondary N) is 1. The minimum atomic E-state index is -0.0203. The van der Waals surface area contributed by atoms with Crippen LogP contribution in [-0.4, -0.2) is 57.4 Å². The highest BCUT2D eigenvalue weighted by molar-refractivity contribution is 6.30. The van der Waals surface area contributed by atoms with Crippen molar-refractivity contribution in [2.24, 2.45) is 0 Å². The molecule has 0 unspecified atom stereocenters. The molecule has 0 spiro atoms. The zero-order valence-electron chi connectivity index (χ0n) is 18.6. The summed E-state index contributed by atoms with van der Waals surface area (Å²) in [7, 11) is 3.26. The Hall–Kier alpha value is -1.99. The minimum Gasteiger partial charge on any atom is -0.493 e. The van der Waals surface area contributed by atoms with Crippen LogP contribution in [0.5, 0.6) is 11.5 Å². The summed E-state index contributed by atoms with van der Waals surface area (Å²) in [6, 6.07) is 13.2. The Bertz CT molecular complexity index is 842. The molecule has 1 aliphatic rings. The van der Waals surface area contributed by atoms with E-state index in [0.717, 1.165) is 37.9 Å². The second kappa shape index (κ2) is 13.5. The number of hydrogen-bond donors (Lipinski definition) is 1. The van der Waals surface area contributed by atoms with Gasteiger partial charge in [0.25, 0.3) is 5.91 Å². The Labute approximate surface area is 201 Å². The first-order valence-electron chi connectivity index (χ1n) is 10.7. The molecular weight excluding hydrogens is 451 g/mol. The number of carbonyl (C=O) groups is 1. The third kappa shape index (κ3) is 7.27. The maximum atomic E-state index is 13.6. The van der Waals surface area contributed by atoms with E-state index in [2.05, 4.69) is 5.32 Å². The number of halogens is 2. The summed E-state index contributed by atoms with van der Waals surface area (Å²) in [4.78, 5) is 15.5. The van der Waals surface area contributed by atoms with Crippen molar-refractivity contribution in [3.05, 3.63) is 58.6 Å². The lowest BCUT2D eigenvalue weighted by atomic mass is 10.0. The number of carbonyl (C=O) groups excluding carboxylic acids is 1. The summed E-state index contributed by atoms with van der Waals surface area (Å²) in [6.07, 6.45) is 2.78. The Morgan fingerprint density at radius 2 is 1.91 bits per heavy atom. The van der Waals surface area contributed by atoms with Crippen LogP contribution in [0, 0.1) is 0 Å². The fraction of sp³-hybridized carbons (Fsp3) is 0.458. The molecule has 3 rings (SSSR count). The molecule has 1 amide bonds. The number of ether oxygens (including phenoxy) is 3. The van der Waals surface area contributed by atoms with Crippen molar-refractivity contribution in [1.29, 1.82) is 0 Å². The summed E-state index contributed by atoms with van der Waals surface area (Å²) in [5, 5.41) is 4.10. The second-order valence-electron chi connectivity index (χ2n) is 7.62. The lowest BCUT2D eigenvalue weighted by molar-refractivity contribution is 0.0629. The first-order valence-corrected chi connectivity index (χ1v) is 11.1. The number of hydrogen-bond acceptors (Lipinski definition) is 5. The largest absolute Gasteiger partial charge is 0.493 e. The van der Waals surface area contributed by atoms with Gasteiger partial charge < -0.3 is 24.4 Å². The average Bonchev–Trinajstić information content (AvgIpc) is 2.81. The second-order valence-corrected chi connectivity index (χ2v) is 8.06. The molecule has 32 heavy (non-hydrogen) atoms. The van der Waals surface area contributed by atoms with Crippen LogP contribution in [0.25, 0.3) is 0 Å². The van der Waals surface area contributed by atoms with Crippen molar-refractivity contribution in [1.82, 2.24) is 10.2 Å². The van der Waals surface area contributed by atoms with E-state index in [1.165, 1.54) is 0 Å². The molecule has 6 nitrogen and oxygen atoms in total. The molecular formula is C24H32Cl2N2O4. The minimum absolute atomic E-state index is 0. The van der Waals surface area contributed by atoms with Crippen LogP contribution < -0.4 is 14.8 Å². The molecule has 1 N–H and O–H groups in total. The molecule has 2 aromatic rings. The van der Waals surface area contributed by atoms with Crippen molar-refractivity contribution in [3.63, 3.8) is 0 Å². The van der Waals surface area contributed by atoms with E-state index in [1.54, 1.807) is 32.4 Å². The highest BCUT2D eigenvalue weighted by Crippen LogP contribution is 2.30. The van der Waals surface area contributed by atoms with Gasteiger partial charge in [0.1, 0.15) is 0 Å². The smallest absolute Gasteiger partial charge is 0.254 e. The molecule has 0 radical (unpaired) electrons. The van der Waals surface area contributed by atoms with E-state index in [1.807, 2.05) is 29.2 Å². The van der Waals surface area contributed by atoms with E-state index >= 15 is 0 Å². The van der Waals surface area contributed by atoms with Crippen LogP contribution in [-0.2, 0) is 11.3 Å². The zero-order chi connectivity index (χ0) is 22.1.